The normalized spacial score (nSPS) is 12.1. The number of halogens is 1. The van der Waals surface area contributed by atoms with Crippen molar-refractivity contribution in [3.05, 3.63) is 35.4 Å². The number of nitrogens with zero attached hydrogens (tertiary/aromatic N) is 1. The molecule has 3 N–H and O–H groups in total. The first-order chi connectivity index (χ1) is 10.5. The van der Waals surface area contributed by atoms with Crippen LogP contribution in [0.25, 0.3) is 0 Å². The Kier molecular flexibility index (Phi) is 11.5. The van der Waals surface area contributed by atoms with Crippen LogP contribution in [-0.2, 0) is 4.79 Å². The van der Waals surface area contributed by atoms with Crippen molar-refractivity contribution in [2.75, 3.05) is 26.2 Å². The van der Waals surface area contributed by atoms with Gasteiger partial charge in [0.2, 0.25) is 5.91 Å². The summed E-state index contributed by atoms with van der Waals surface area (Å²) in [5.74, 6) is 1.13. The Balaban J connectivity index is 0.00000484. The largest absolute Gasteiger partial charge is 0.357 e. The molecule has 0 aliphatic carbocycles. The van der Waals surface area contributed by atoms with Gasteiger partial charge in [0.05, 0.1) is 0 Å². The molecule has 0 aromatic heterocycles. The van der Waals surface area contributed by atoms with Gasteiger partial charge in [-0.3, -0.25) is 9.79 Å². The average molecular weight is 432 g/mol. The van der Waals surface area contributed by atoms with Gasteiger partial charge in [-0.1, -0.05) is 36.8 Å². The molecule has 0 saturated carbocycles. The van der Waals surface area contributed by atoms with Gasteiger partial charge in [-0.15, -0.1) is 24.0 Å². The van der Waals surface area contributed by atoms with E-state index in [9.17, 15) is 4.79 Å². The second-order valence-corrected chi connectivity index (χ2v) is 5.44. The second kappa shape index (κ2) is 12.2. The Labute approximate surface area is 156 Å². The number of amides is 1. The lowest BCUT2D eigenvalue weighted by Gasteiger charge is -2.14. The number of aliphatic imine (C=N–C) groups is 1. The molecule has 0 spiro atoms. The van der Waals surface area contributed by atoms with Crippen molar-refractivity contribution < 1.29 is 4.79 Å². The molecule has 0 aliphatic rings. The third-order valence-corrected chi connectivity index (χ3v) is 3.31. The van der Waals surface area contributed by atoms with Crippen LogP contribution in [0.15, 0.2) is 29.3 Å². The van der Waals surface area contributed by atoms with E-state index in [4.69, 9.17) is 0 Å². The van der Waals surface area contributed by atoms with Gasteiger partial charge in [0.1, 0.15) is 0 Å². The third-order valence-electron chi connectivity index (χ3n) is 3.31. The number of aryl methyl sites for hydroxylation is 1. The van der Waals surface area contributed by atoms with Gasteiger partial charge >= 0.3 is 0 Å². The molecule has 0 radical (unpaired) electrons. The zero-order valence-electron chi connectivity index (χ0n) is 14.5. The standard InChI is InChI=1S/C17H28N4O.HI/c1-5-18-17(20-11-10-19-15(4)22)21-12-14(3)16-8-6-13(2)7-9-16;/h6-9,14H,5,10-12H2,1-4H3,(H,19,22)(H2,18,20,21);1H. The second-order valence-electron chi connectivity index (χ2n) is 5.44. The Morgan fingerprint density at radius 3 is 2.30 bits per heavy atom. The lowest BCUT2D eigenvalue weighted by Crippen LogP contribution is -2.41. The number of carbonyl (C=O) groups is 1. The minimum atomic E-state index is -0.0169. The highest BCUT2D eigenvalue weighted by Gasteiger charge is 2.05. The Morgan fingerprint density at radius 1 is 1.13 bits per heavy atom. The van der Waals surface area contributed by atoms with Gasteiger partial charge in [0.15, 0.2) is 5.96 Å². The Morgan fingerprint density at radius 2 is 1.74 bits per heavy atom. The van der Waals surface area contributed by atoms with Crippen molar-refractivity contribution in [2.24, 2.45) is 4.99 Å². The van der Waals surface area contributed by atoms with E-state index in [1.807, 2.05) is 6.92 Å². The topological polar surface area (TPSA) is 65.5 Å². The molecule has 1 aromatic rings. The molecule has 6 heteroatoms. The van der Waals surface area contributed by atoms with E-state index in [0.29, 0.717) is 19.0 Å². The molecule has 1 atom stereocenters. The molecule has 1 rings (SSSR count). The molecule has 0 bridgehead atoms. The van der Waals surface area contributed by atoms with Crippen LogP contribution < -0.4 is 16.0 Å². The van der Waals surface area contributed by atoms with Gasteiger partial charge < -0.3 is 16.0 Å². The molecule has 130 valence electrons. The van der Waals surface area contributed by atoms with Gasteiger partial charge in [-0.2, -0.15) is 0 Å². The lowest BCUT2D eigenvalue weighted by atomic mass is 10.0. The molecule has 5 nitrogen and oxygen atoms in total. The molecule has 1 unspecified atom stereocenters. The first-order valence-corrected chi connectivity index (χ1v) is 7.86. The number of hydrogen-bond acceptors (Lipinski definition) is 2. The Hall–Kier alpha value is -1.31. The summed E-state index contributed by atoms with van der Waals surface area (Å²) in [5.41, 5.74) is 2.57. The maximum Gasteiger partial charge on any atom is 0.216 e. The summed E-state index contributed by atoms with van der Waals surface area (Å²) in [4.78, 5) is 15.4. The maximum absolute atomic E-state index is 10.8. The van der Waals surface area contributed by atoms with Gasteiger partial charge in [-0.05, 0) is 19.4 Å². The molecule has 0 heterocycles. The molecular weight excluding hydrogens is 403 g/mol. The number of carbonyl (C=O) groups excluding carboxylic acids is 1. The zero-order valence-corrected chi connectivity index (χ0v) is 16.8. The van der Waals surface area contributed by atoms with E-state index >= 15 is 0 Å². The molecule has 0 saturated heterocycles. The highest BCUT2D eigenvalue weighted by atomic mass is 127. The smallest absolute Gasteiger partial charge is 0.216 e. The molecule has 23 heavy (non-hydrogen) atoms. The molecule has 0 fully saturated rings. The first-order valence-electron chi connectivity index (χ1n) is 7.86. The molecule has 1 aromatic carbocycles. The predicted molar refractivity (Wildman–Crippen MR) is 108 cm³/mol. The zero-order chi connectivity index (χ0) is 16.4. The van der Waals surface area contributed by atoms with Crippen LogP contribution >= 0.6 is 24.0 Å². The third kappa shape index (κ3) is 9.43. The van der Waals surface area contributed by atoms with Gasteiger partial charge in [0.25, 0.3) is 0 Å². The summed E-state index contributed by atoms with van der Waals surface area (Å²) in [6, 6.07) is 8.58. The van der Waals surface area contributed by atoms with Gasteiger partial charge in [-0.25, -0.2) is 0 Å². The van der Waals surface area contributed by atoms with E-state index in [1.165, 1.54) is 18.1 Å². The fraction of sp³-hybridized carbons (Fsp3) is 0.529. The summed E-state index contributed by atoms with van der Waals surface area (Å²) < 4.78 is 0. The number of nitrogens with one attached hydrogen (secondary N) is 3. The van der Waals surface area contributed by atoms with Crippen molar-refractivity contribution >= 4 is 35.8 Å². The van der Waals surface area contributed by atoms with Crippen LogP contribution in [-0.4, -0.2) is 38.0 Å². The summed E-state index contributed by atoms with van der Waals surface area (Å²) in [7, 11) is 0. The number of rotatable bonds is 7. The van der Waals surface area contributed by atoms with E-state index in [0.717, 1.165) is 19.0 Å². The fourth-order valence-electron chi connectivity index (χ4n) is 1.99. The van der Waals surface area contributed by atoms with Crippen LogP contribution in [0, 0.1) is 6.92 Å². The van der Waals surface area contributed by atoms with Crippen molar-refractivity contribution in [3.8, 4) is 0 Å². The van der Waals surface area contributed by atoms with Crippen LogP contribution in [0.5, 0.6) is 0 Å². The van der Waals surface area contributed by atoms with E-state index < -0.39 is 0 Å². The summed E-state index contributed by atoms with van der Waals surface area (Å²) >= 11 is 0. The minimum Gasteiger partial charge on any atom is -0.357 e. The highest BCUT2D eigenvalue weighted by Crippen LogP contribution is 2.15. The van der Waals surface area contributed by atoms with Crippen LogP contribution in [0.3, 0.4) is 0 Å². The van der Waals surface area contributed by atoms with E-state index in [1.54, 1.807) is 0 Å². The fourth-order valence-corrected chi connectivity index (χ4v) is 1.99. The summed E-state index contributed by atoms with van der Waals surface area (Å²) in [5, 5.41) is 9.18. The number of benzene rings is 1. The lowest BCUT2D eigenvalue weighted by molar-refractivity contribution is -0.118. The molecule has 1 amide bonds. The molecular formula is C17H29IN4O. The van der Waals surface area contributed by atoms with E-state index in [2.05, 4.69) is 59.1 Å². The maximum atomic E-state index is 10.8. The molecule has 0 aliphatic heterocycles. The predicted octanol–water partition coefficient (Wildman–Crippen LogP) is 2.41. The van der Waals surface area contributed by atoms with Crippen molar-refractivity contribution in [3.63, 3.8) is 0 Å². The first kappa shape index (κ1) is 21.7. The quantitative estimate of drug-likeness (QED) is 0.268. The SMILES string of the molecule is CCNC(=NCC(C)c1ccc(C)cc1)NCCNC(C)=O.I. The summed E-state index contributed by atoms with van der Waals surface area (Å²) in [6.45, 7) is 10.6. The van der Waals surface area contributed by atoms with Crippen LogP contribution in [0.4, 0.5) is 0 Å². The average Bonchev–Trinajstić information content (AvgIpc) is 2.49. The number of hydrogen-bond donors (Lipinski definition) is 3. The number of guanidine groups is 1. The van der Waals surface area contributed by atoms with E-state index in [-0.39, 0.29) is 29.9 Å². The van der Waals surface area contributed by atoms with Crippen molar-refractivity contribution in [1.82, 2.24) is 16.0 Å². The minimum absolute atomic E-state index is 0. The Bertz CT molecular complexity index is 488. The highest BCUT2D eigenvalue weighted by molar-refractivity contribution is 14.0. The summed E-state index contributed by atoms with van der Waals surface area (Å²) in [6.07, 6.45) is 0. The van der Waals surface area contributed by atoms with Crippen LogP contribution in [0.2, 0.25) is 0 Å². The van der Waals surface area contributed by atoms with Crippen LogP contribution in [0.1, 0.15) is 37.8 Å². The van der Waals surface area contributed by atoms with Gasteiger partial charge in [0, 0.05) is 39.0 Å². The monoisotopic (exact) mass is 432 g/mol. The van der Waals surface area contributed by atoms with Crippen molar-refractivity contribution in [1.29, 1.82) is 0 Å². The van der Waals surface area contributed by atoms with Crippen molar-refractivity contribution in [2.45, 2.75) is 33.6 Å².